The molecule has 0 fully saturated rings. The summed E-state index contributed by atoms with van der Waals surface area (Å²) in [6.07, 6.45) is -1.00. The van der Waals surface area contributed by atoms with E-state index in [1.165, 1.54) is 0 Å². The first kappa shape index (κ1) is 15.7. The number of sulfone groups is 1. The van der Waals surface area contributed by atoms with Gasteiger partial charge in [-0.25, -0.2) is 8.42 Å². The van der Waals surface area contributed by atoms with Crippen molar-refractivity contribution in [1.82, 2.24) is 0 Å². The van der Waals surface area contributed by atoms with E-state index in [1.807, 2.05) is 42.5 Å². The molecule has 4 heteroatoms. The molecule has 2 aromatic carbocycles. The van der Waals surface area contributed by atoms with E-state index in [2.05, 4.69) is 0 Å². The van der Waals surface area contributed by atoms with Crippen LogP contribution >= 0.6 is 0 Å². The van der Waals surface area contributed by atoms with Gasteiger partial charge in [0.25, 0.3) is 0 Å². The van der Waals surface area contributed by atoms with Gasteiger partial charge < -0.3 is 5.11 Å². The lowest BCUT2D eigenvalue weighted by Crippen LogP contribution is -2.26. The van der Waals surface area contributed by atoms with Crippen LogP contribution in [-0.2, 0) is 9.84 Å². The highest BCUT2D eigenvalue weighted by Crippen LogP contribution is 2.25. The second-order valence-electron chi connectivity index (χ2n) is 5.09. The highest BCUT2D eigenvalue weighted by Gasteiger charge is 2.27. The average molecular weight is 304 g/mol. The number of aliphatic hydroxyl groups is 1. The molecule has 2 aromatic rings. The summed E-state index contributed by atoms with van der Waals surface area (Å²) in [5.74, 6) is 0.0350. The fourth-order valence-corrected chi connectivity index (χ4v) is 3.31. The SMILES string of the molecule is CCS(=O)(=O)[C@@H](C)[C@H](O)c1ccc(-c2ccccc2)cc1. The van der Waals surface area contributed by atoms with Crippen LogP contribution < -0.4 is 0 Å². The zero-order valence-electron chi connectivity index (χ0n) is 12.2. The van der Waals surface area contributed by atoms with Crippen molar-refractivity contribution in [3.05, 3.63) is 60.2 Å². The summed E-state index contributed by atoms with van der Waals surface area (Å²) in [6.45, 7) is 3.14. The number of aliphatic hydroxyl groups excluding tert-OH is 1. The van der Waals surface area contributed by atoms with Gasteiger partial charge in [-0.1, -0.05) is 61.5 Å². The molecule has 21 heavy (non-hydrogen) atoms. The fraction of sp³-hybridized carbons (Fsp3) is 0.294. The predicted octanol–water partition coefficient (Wildman–Crippen LogP) is 3.21. The summed E-state index contributed by atoms with van der Waals surface area (Å²) in [5.41, 5.74) is 2.75. The molecule has 0 aliphatic heterocycles. The van der Waals surface area contributed by atoms with E-state index < -0.39 is 21.2 Å². The Hall–Kier alpha value is -1.65. The summed E-state index contributed by atoms with van der Waals surface area (Å²) in [5, 5.41) is 9.44. The second kappa shape index (κ2) is 6.41. The van der Waals surface area contributed by atoms with E-state index in [-0.39, 0.29) is 5.75 Å². The Morgan fingerprint density at radius 1 is 0.952 bits per heavy atom. The standard InChI is InChI=1S/C17H20O3S/c1-3-21(19,20)13(2)17(18)16-11-9-15(10-12-16)14-7-5-4-6-8-14/h4-13,17-18H,3H2,1-2H3/t13-,17-/m0/s1. The third kappa shape index (κ3) is 3.52. The molecule has 0 amide bonds. The minimum atomic E-state index is -3.26. The van der Waals surface area contributed by atoms with Gasteiger partial charge in [0.1, 0.15) is 0 Å². The van der Waals surface area contributed by atoms with Gasteiger partial charge in [0.05, 0.1) is 11.4 Å². The van der Waals surface area contributed by atoms with E-state index in [0.717, 1.165) is 11.1 Å². The van der Waals surface area contributed by atoms with E-state index in [0.29, 0.717) is 5.56 Å². The van der Waals surface area contributed by atoms with Crippen LogP contribution in [0.1, 0.15) is 25.5 Å². The molecule has 0 saturated heterocycles. The van der Waals surface area contributed by atoms with E-state index in [1.54, 1.807) is 26.0 Å². The van der Waals surface area contributed by atoms with Gasteiger partial charge >= 0.3 is 0 Å². The van der Waals surface area contributed by atoms with Gasteiger partial charge in [-0.15, -0.1) is 0 Å². The third-order valence-electron chi connectivity index (χ3n) is 3.77. The minimum Gasteiger partial charge on any atom is -0.387 e. The lowest BCUT2D eigenvalue weighted by atomic mass is 10.0. The molecular weight excluding hydrogens is 284 g/mol. The quantitative estimate of drug-likeness (QED) is 0.923. The summed E-state index contributed by atoms with van der Waals surface area (Å²) in [7, 11) is -3.26. The van der Waals surface area contributed by atoms with Gasteiger partial charge in [0, 0.05) is 5.75 Å². The van der Waals surface area contributed by atoms with Crippen molar-refractivity contribution in [3.8, 4) is 11.1 Å². The molecule has 0 aliphatic carbocycles. The lowest BCUT2D eigenvalue weighted by molar-refractivity contribution is 0.176. The second-order valence-corrected chi connectivity index (χ2v) is 7.74. The molecule has 2 atom stereocenters. The Bertz CT molecular complexity index is 676. The maximum absolute atomic E-state index is 11.8. The molecule has 0 heterocycles. The molecule has 3 nitrogen and oxygen atoms in total. The number of benzene rings is 2. The molecular formula is C17H20O3S. The molecule has 0 unspecified atom stereocenters. The van der Waals surface area contributed by atoms with Gasteiger partial charge in [0.15, 0.2) is 9.84 Å². The monoisotopic (exact) mass is 304 g/mol. The van der Waals surface area contributed by atoms with Gasteiger partial charge in [-0.2, -0.15) is 0 Å². The average Bonchev–Trinajstić information content (AvgIpc) is 2.54. The molecule has 0 aromatic heterocycles. The number of hydrogen-bond donors (Lipinski definition) is 1. The Morgan fingerprint density at radius 2 is 1.48 bits per heavy atom. The van der Waals surface area contributed by atoms with Gasteiger partial charge in [-0.05, 0) is 23.6 Å². The molecule has 2 rings (SSSR count). The zero-order chi connectivity index (χ0) is 15.5. The summed E-state index contributed by atoms with van der Waals surface area (Å²) in [4.78, 5) is 0. The van der Waals surface area contributed by atoms with Crippen molar-refractivity contribution in [3.63, 3.8) is 0 Å². The highest BCUT2D eigenvalue weighted by atomic mass is 32.2. The Balaban J connectivity index is 2.23. The normalized spacial score (nSPS) is 14.6. The third-order valence-corrected chi connectivity index (χ3v) is 5.97. The Kier molecular flexibility index (Phi) is 4.80. The highest BCUT2D eigenvalue weighted by molar-refractivity contribution is 7.92. The number of hydrogen-bond acceptors (Lipinski definition) is 3. The maximum Gasteiger partial charge on any atom is 0.155 e. The zero-order valence-corrected chi connectivity index (χ0v) is 13.0. The predicted molar refractivity (Wildman–Crippen MR) is 85.8 cm³/mol. The first-order valence-corrected chi connectivity index (χ1v) is 8.72. The molecule has 0 bridgehead atoms. The van der Waals surface area contributed by atoms with Crippen LogP contribution in [0.3, 0.4) is 0 Å². The smallest absolute Gasteiger partial charge is 0.155 e. The van der Waals surface area contributed by atoms with Crippen molar-refractivity contribution < 1.29 is 13.5 Å². The van der Waals surface area contributed by atoms with E-state index in [9.17, 15) is 13.5 Å². The Labute approximate surface area is 126 Å². The van der Waals surface area contributed by atoms with Crippen LogP contribution in [-0.4, -0.2) is 24.5 Å². The van der Waals surface area contributed by atoms with Crippen LogP contribution in [0.15, 0.2) is 54.6 Å². The summed E-state index contributed by atoms with van der Waals surface area (Å²) >= 11 is 0. The summed E-state index contributed by atoms with van der Waals surface area (Å²) in [6, 6.07) is 17.3. The number of rotatable bonds is 5. The van der Waals surface area contributed by atoms with Crippen molar-refractivity contribution in [2.24, 2.45) is 0 Å². The maximum atomic E-state index is 11.8. The van der Waals surface area contributed by atoms with Crippen LogP contribution in [0.2, 0.25) is 0 Å². The van der Waals surface area contributed by atoms with E-state index in [4.69, 9.17) is 0 Å². The topological polar surface area (TPSA) is 54.4 Å². The van der Waals surface area contributed by atoms with Crippen LogP contribution in [0.4, 0.5) is 0 Å². The van der Waals surface area contributed by atoms with Crippen molar-refractivity contribution in [1.29, 1.82) is 0 Å². The minimum absolute atomic E-state index is 0.0350. The Morgan fingerprint density at radius 3 is 2.00 bits per heavy atom. The van der Waals surface area contributed by atoms with E-state index >= 15 is 0 Å². The van der Waals surface area contributed by atoms with Gasteiger partial charge in [0.2, 0.25) is 0 Å². The largest absolute Gasteiger partial charge is 0.387 e. The lowest BCUT2D eigenvalue weighted by Gasteiger charge is -2.19. The van der Waals surface area contributed by atoms with Crippen LogP contribution in [0.5, 0.6) is 0 Å². The first-order chi connectivity index (χ1) is 9.95. The van der Waals surface area contributed by atoms with Crippen molar-refractivity contribution in [2.45, 2.75) is 25.2 Å². The molecule has 112 valence electrons. The van der Waals surface area contributed by atoms with Crippen molar-refractivity contribution in [2.75, 3.05) is 5.75 Å². The van der Waals surface area contributed by atoms with Crippen LogP contribution in [0, 0.1) is 0 Å². The molecule has 0 saturated carbocycles. The molecule has 0 aliphatic rings. The van der Waals surface area contributed by atoms with Crippen molar-refractivity contribution >= 4 is 9.84 Å². The molecule has 0 spiro atoms. The summed E-state index contributed by atoms with van der Waals surface area (Å²) < 4.78 is 23.7. The molecule has 1 N–H and O–H groups in total. The molecule has 0 radical (unpaired) electrons. The first-order valence-electron chi connectivity index (χ1n) is 7.00. The fourth-order valence-electron chi connectivity index (χ4n) is 2.23. The van der Waals surface area contributed by atoms with Gasteiger partial charge in [-0.3, -0.25) is 0 Å². The van der Waals surface area contributed by atoms with Crippen LogP contribution in [0.25, 0.3) is 11.1 Å².